The van der Waals surface area contributed by atoms with Gasteiger partial charge in [0.1, 0.15) is 5.75 Å². The summed E-state index contributed by atoms with van der Waals surface area (Å²) in [7, 11) is 1.68. The van der Waals surface area contributed by atoms with E-state index in [-0.39, 0.29) is 0 Å². The number of ether oxygens (including phenoxy) is 3. The summed E-state index contributed by atoms with van der Waals surface area (Å²) in [6, 6.07) is 8.58. The first kappa shape index (κ1) is 19.5. The van der Waals surface area contributed by atoms with Crippen LogP contribution in [0.4, 0.5) is 17.6 Å². The van der Waals surface area contributed by atoms with Crippen molar-refractivity contribution in [1.82, 2.24) is 15.0 Å². The van der Waals surface area contributed by atoms with Gasteiger partial charge in [0.25, 0.3) is 0 Å². The van der Waals surface area contributed by atoms with Gasteiger partial charge in [-0.15, -0.1) is 0 Å². The van der Waals surface area contributed by atoms with Crippen LogP contribution in [-0.2, 0) is 4.74 Å². The summed E-state index contributed by atoms with van der Waals surface area (Å²) in [4.78, 5) is 20.5. The van der Waals surface area contributed by atoms with E-state index < -0.39 is 0 Å². The predicted molar refractivity (Wildman–Crippen MR) is 111 cm³/mol. The maximum Gasteiger partial charge on any atom is 0.323 e. The van der Waals surface area contributed by atoms with Gasteiger partial charge in [-0.1, -0.05) is 0 Å². The first-order valence-electron chi connectivity index (χ1n) is 10.1. The number of methoxy groups -OCH3 is 1. The van der Waals surface area contributed by atoms with Crippen molar-refractivity contribution in [2.24, 2.45) is 0 Å². The van der Waals surface area contributed by atoms with E-state index in [4.69, 9.17) is 19.2 Å². The van der Waals surface area contributed by atoms with Crippen LogP contribution >= 0.6 is 0 Å². The van der Waals surface area contributed by atoms with Crippen LogP contribution in [0, 0.1) is 0 Å². The SMILES string of the molecule is CCOc1nc(N2CCOCC2)nc(N2CCN(c3ccc(OC)cc3)CC2)n1. The molecule has 4 rings (SSSR count). The van der Waals surface area contributed by atoms with E-state index in [0.717, 1.165) is 45.0 Å². The minimum Gasteiger partial charge on any atom is -0.497 e. The number of hydrogen-bond donors (Lipinski definition) is 0. The number of piperazine rings is 1. The topological polar surface area (TPSA) is 76.1 Å². The molecule has 9 heteroatoms. The molecular weight excluding hydrogens is 372 g/mol. The molecule has 2 saturated heterocycles. The van der Waals surface area contributed by atoms with E-state index in [9.17, 15) is 0 Å². The third-order valence-electron chi connectivity index (χ3n) is 5.16. The minimum absolute atomic E-state index is 0.386. The highest BCUT2D eigenvalue weighted by Crippen LogP contribution is 2.23. The van der Waals surface area contributed by atoms with Crippen molar-refractivity contribution >= 4 is 17.6 Å². The zero-order chi connectivity index (χ0) is 20.1. The molecule has 0 spiro atoms. The van der Waals surface area contributed by atoms with E-state index in [1.54, 1.807) is 7.11 Å². The maximum atomic E-state index is 5.61. The smallest absolute Gasteiger partial charge is 0.323 e. The van der Waals surface area contributed by atoms with Gasteiger partial charge in [-0.3, -0.25) is 0 Å². The highest BCUT2D eigenvalue weighted by Gasteiger charge is 2.23. The van der Waals surface area contributed by atoms with Gasteiger partial charge in [0.15, 0.2) is 0 Å². The Hall–Kier alpha value is -2.81. The lowest BCUT2D eigenvalue weighted by Gasteiger charge is -2.36. The number of aromatic nitrogens is 3. The van der Waals surface area contributed by atoms with Crippen molar-refractivity contribution in [2.75, 3.05) is 80.9 Å². The predicted octanol–water partition coefficient (Wildman–Crippen LogP) is 1.44. The lowest BCUT2D eigenvalue weighted by atomic mass is 10.2. The van der Waals surface area contributed by atoms with E-state index in [1.807, 2.05) is 19.1 Å². The number of hydrogen-bond acceptors (Lipinski definition) is 9. The summed E-state index contributed by atoms with van der Waals surface area (Å²) in [5.41, 5.74) is 1.20. The zero-order valence-electron chi connectivity index (χ0n) is 17.1. The van der Waals surface area contributed by atoms with Gasteiger partial charge in [-0.05, 0) is 31.2 Å². The fraction of sp³-hybridized carbons (Fsp3) is 0.550. The molecule has 0 unspecified atom stereocenters. The lowest BCUT2D eigenvalue weighted by Crippen LogP contribution is -2.47. The molecule has 2 aliphatic heterocycles. The monoisotopic (exact) mass is 400 g/mol. The van der Waals surface area contributed by atoms with Crippen LogP contribution in [0.15, 0.2) is 24.3 Å². The Morgan fingerprint density at radius 3 is 2.00 bits per heavy atom. The molecule has 0 saturated carbocycles. The van der Waals surface area contributed by atoms with E-state index in [2.05, 4.69) is 36.8 Å². The average Bonchev–Trinajstić information content (AvgIpc) is 2.80. The zero-order valence-corrected chi connectivity index (χ0v) is 17.1. The molecular formula is C20H28N6O3. The van der Waals surface area contributed by atoms with Crippen LogP contribution in [0.2, 0.25) is 0 Å². The molecule has 2 fully saturated rings. The third-order valence-corrected chi connectivity index (χ3v) is 5.16. The highest BCUT2D eigenvalue weighted by atomic mass is 16.5. The van der Waals surface area contributed by atoms with Gasteiger partial charge in [0.05, 0.1) is 26.9 Å². The van der Waals surface area contributed by atoms with Gasteiger partial charge in [-0.25, -0.2) is 0 Å². The standard InChI is InChI=1S/C20H28N6O3/c1-3-29-20-22-18(21-19(23-20)26-12-14-28-15-13-26)25-10-8-24(9-11-25)16-4-6-17(27-2)7-5-16/h4-7H,3,8-15H2,1-2H3. The van der Waals surface area contributed by atoms with Crippen molar-refractivity contribution in [3.05, 3.63) is 24.3 Å². The average molecular weight is 400 g/mol. The van der Waals surface area contributed by atoms with Crippen molar-refractivity contribution < 1.29 is 14.2 Å². The quantitative estimate of drug-likeness (QED) is 0.716. The summed E-state index contributed by atoms with van der Waals surface area (Å²) in [5, 5.41) is 0. The first-order valence-corrected chi connectivity index (χ1v) is 10.1. The Morgan fingerprint density at radius 2 is 1.41 bits per heavy atom. The summed E-state index contributed by atoms with van der Waals surface area (Å²) < 4.78 is 16.3. The van der Waals surface area contributed by atoms with Gasteiger partial charge in [0, 0.05) is 45.0 Å². The van der Waals surface area contributed by atoms with Crippen molar-refractivity contribution in [3.63, 3.8) is 0 Å². The summed E-state index contributed by atoms with van der Waals surface area (Å²) >= 11 is 0. The molecule has 0 aliphatic carbocycles. The molecule has 0 bridgehead atoms. The highest BCUT2D eigenvalue weighted by molar-refractivity contribution is 5.51. The molecule has 2 aliphatic rings. The third kappa shape index (κ3) is 4.61. The molecule has 29 heavy (non-hydrogen) atoms. The largest absolute Gasteiger partial charge is 0.497 e. The minimum atomic E-state index is 0.386. The van der Waals surface area contributed by atoms with E-state index in [1.165, 1.54) is 5.69 Å². The number of anilines is 3. The maximum absolute atomic E-state index is 5.61. The molecule has 2 aromatic rings. The van der Waals surface area contributed by atoms with Crippen LogP contribution in [0.1, 0.15) is 6.92 Å². The number of nitrogens with zero attached hydrogens (tertiary/aromatic N) is 6. The lowest BCUT2D eigenvalue weighted by molar-refractivity contribution is 0.122. The summed E-state index contributed by atoms with van der Waals surface area (Å²) in [6.45, 7) is 8.86. The van der Waals surface area contributed by atoms with Gasteiger partial charge < -0.3 is 28.9 Å². The molecule has 0 atom stereocenters. The summed E-state index contributed by atoms with van der Waals surface area (Å²) in [6.07, 6.45) is 0. The summed E-state index contributed by atoms with van der Waals surface area (Å²) in [5.74, 6) is 2.22. The molecule has 9 nitrogen and oxygen atoms in total. The Bertz CT molecular complexity index is 789. The number of rotatable bonds is 6. The molecule has 0 amide bonds. The molecule has 1 aromatic heterocycles. The van der Waals surface area contributed by atoms with Crippen LogP contribution in [0.5, 0.6) is 11.8 Å². The Morgan fingerprint density at radius 1 is 0.828 bits per heavy atom. The molecule has 0 radical (unpaired) electrons. The van der Waals surface area contributed by atoms with E-state index in [0.29, 0.717) is 37.7 Å². The Balaban J connectivity index is 1.47. The van der Waals surface area contributed by atoms with Crippen LogP contribution < -0.4 is 24.2 Å². The molecule has 3 heterocycles. The first-order chi connectivity index (χ1) is 14.3. The van der Waals surface area contributed by atoms with Crippen molar-refractivity contribution in [1.29, 1.82) is 0 Å². The van der Waals surface area contributed by atoms with Gasteiger partial charge >= 0.3 is 6.01 Å². The number of benzene rings is 1. The van der Waals surface area contributed by atoms with Gasteiger partial charge in [0.2, 0.25) is 11.9 Å². The van der Waals surface area contributed by atoms with E-state index >= 15 is 0 Å². The molecule has 1 aromatic carbocycles. The van der Waals surface area contributed by atoms with Crippen LogP contribution in [-0.4, -0.2) is 81.2 Å². The van der Waals surface area contributed by atoms with Crippen LogP contribution in [0.25, 0.3) is 0 Å². The second-order valence-electron chi connectivity index (χ2n) is 6.92. The van der Waals surface area contributed by atoms with Crippen molar-refractivity contribution in [2.45, 2.75) is 6.92 Å². The fourth-order valence-electron chi connectivity index (χ4n) is 3.53. The number of morpholine rings is 1. The van der Waals surface area contributed by atoms with Gasteiger partial charge in [-0.2, -0.15) is 15.0 Å². The Kier molecular flexibility index (Phi) is 6.14. The molecule has 0 N–H and O–H groups in total. The second kappa shape index (κ2) is 9.13. The fourth-order valence-corrected chi connectivity index (χ4v) is 3.53. The van der Waals surface area contributed by atoms with Crippen molar-refractivity contribution in [3.8, 4) is 11.8 Å². The Labute approximate surface area is 171 Å². The molecule has 156 valence electrons. The normalized spacial score (nSPS) is 17.4. The second-order valence-corrected chi connectivity index (χ2v) is 6.92. The van der Waals surface area contributed by atoms with Crippen LogP contribution in [0.3, 0.4) is 0 Å².